The Morgan fingerprint density at radius 3 is 3.08 bits per heavy atom. The Bertz CT molecular complexity index is 378. The summed E-state index contributed by atoms with van der Waals surface area (Å²) < 4.78 is 1.75. The molecule has 1 aromatic carbocycles. The molecule has 0 aliphatic heterocycles. The zero-order valence-electron chi connectivity index (χ0n) is 6.95. The van der Waals surface area contributed by atoms with E-state index in [4.69, 9.17) is 4.84 Å². The van der Waals surface area contributed by atoms with E-state index in [0.29, 0.717) is 6.61 Å². The van der Waals surface area contributed by atoms with Crippen LogP contribution in [0.25, 0.3) is 10.9 Å². The van der Waals surface area contributed by atoms with E-state index in [1.165, 1.54) is 0 Å². The van der Waals surface area contributed by atoms with Crippen LogP contribution in [0.4, 0.5) is 0 Å². The highest BCUT2D eigenvalue weighted by Gasteiger charge is 1.98. The summed E-state index contributed by atoms with van der Waals surface area (Å²) in [6, 6.07) is 11.1. The Hall–Kier alpha value is -1.44. The van der Waals surface area contributed by atoms with Crippen LogP contribution in [0.1, 0.15) is 6.92 Å². The monoisotopic (exact) mass is 160 g/mol. The largest absolute Gasteiger partial charge is 0.414 e. The van der Waals surface area contributed by atoms with E-state index in [-0.39, 0.29) is 0 Å². The van der Waals surface area contributed by atoms with Crippen LogP contribution in [0.15, 0.2) is 30.5 Å². The molecule has 12 heavy (non-hydrogen) atoms. The van der Waals surface area contributed by atoms with E-state index in [0.717, 1.165) is 10.9 Å². The third-order valence-corrected chi connectivity index (χ3v) is 1.75. The lowest BCUT2D eigenvalue weighted by atomic mass is 10.3. The molecule has 0 atom stereocenters. The summed E-state index contributed by atoms with van der Waals surface area (Å²) in [5.74, 6) is 0. The van der Waals surface area contributed by atoms with Gasteiger partial charge in [0, 0.05) is 11.5 Å². The first kappa shape index (κ1) is 7.22. The van der Waals surface area contributed by atoms with Gasteiger partial charge in [0.15, 0.2) is 0 Å². The predicted octanol–water partition coefficient (Wildman–Crippen LogP) is 1.89. The molecule has 61 valence electrons. The summed E-state index contributed by atoms with van der Waals surface area (Å²) in [5.41, 5.74) is 1.07. The van der Waals surface area contributed by atoms with Crippen LogP contribution in [-0.4, -0.2) is 11.3 Å². The lowest BCUT2D eigenvalue weighted by molar-refractivity contribution is 0.132. The van der Waals surface area contributed by atoms with E-state index < -0.39 is 0 Å². The van der Waals surface area contributed by atoms with Gasteiger partial charge in [-0.05, 0) is 13.0 Å². The van der Waals surface area contributed by atoms with E-state index in [1.54, 1.807) is 4.73 Å². The average Bonchev–Trinajstić information content (AvgIpc) is 2.50. The average molecular weight is 160 g/mol. The normalized spacial score (nSPS) is 10.4. The molecule has 0 saturated heterocycles. The first-order valence-electron chi connectivity index (χ1n) is 4.03. The Morgan fingerprint density at radius 1 is 1.42 bits per heavy atom. The molecule has 0 N–H and O–H groups in total. The second-order valence-corrected chi connectivity index (χ2v) is 2.53. The standard InChI is InChI=1S/C10H10NO/c1-2-12-11-8-7-9-5-3-4-6-10(9)11/h3-6,8H,2H2,1H3. The van der Waals surface area contributed by atoms with Crippen LogP contribution in [-0.2, 0) is 0 Å². The number of para-hydroxylation sites is 1. The molecule has 1 radical (unpaired) electrons. The Kier molecular flexibility index (Phi) is 1.74. The smallest absolute Gasteiger partial charge is 0.112 e. The van der Waals surface area contributed by atoms with Gasteiger partial charge in [0.2, 0.25) is 0 Å². The maximum Gasteiger partial charge on any atom is 0.112 e. The highest BCUT2D eigenvalue weighted by Crippen LogP contribution is 2.12. The van der Waals surface area contributed by atoms with Crippen molar-refractivity contribution in [3.8, 4) is 0 Å². The van der Waals surface area contributed by atoms with Crippen molar-refractivity contribution in [3.05, 3.63) is 36.5 Å². The van der Waals surface area contributed by atoms with Crippen molar-refractivity contribution in [1.82, 2.24) is 4.73 Å². The molecule has 1 heterocycles. The van der Waals surface area contributed by atoms with Gasteiger partial charge in [-0.15, -0.1) is 0 Å². The van der Waals surface area contributed by atoms with E-state index in [9.17, 15) is 0 Å². The van der Waals surface area contributed by atoms with Gasteiger partial charge in [0.1, 0.15) is 6.61 Å². The molecule has 0 unspecified atom stereocenters. The van der Waals surface area contributed by atoms with Crippen LogP contribution < -0.4 is 4.84 Å². The van der Waals surface area contributed by atoms with Gasteiger partial charge in [0.25, 0.3) is 0 Å². The molecular formula is C10H10NO. The second-order valence-electron chi connectivity index (χ2n) is 2.53. The Balaban J connectivity index is 2.55. The van der Waals surface area contributed by atoms with Gasteiger partial charge < -0.3 is 4.84 Å². The number of rotatable bonds is 2. The molecule has 2 aromatic rings. The summed E-state index contributed by atoms with van der Waals surface area (Å²) in [6.45, 7) is 2.64. The SMILES string of the molecule is CCOn1c[c]c2ccccc21. The minimum absolute atomic E-state index is 0.673. The molecule has 1 aromatic heterocycles. The quantitative estimate of drug-likeness (QED) is 0.654. The van der Waals surface area contributed by atoms with Crippen molar-refractivity contribution in [2.45, 2.75) is 6.92 Å². The molecule has 2 rings (SSSR count). The third-order valence-electron chi connectivity index (χ3n) is 1.75. The predicted molar refractivity (Wildman–Crippen MR) is 47.9 cm³/mol. The highest BCUT2D eigenvalue weighted by molar-refractivity contribution is 5.78. The first-order valence-corrected chi connectivity index (χ1v) is 4.03. The fraction of sp³-hybridized carbons (Fsp3) is 0.200. The van der Waals surface area contributed by atoms with Gasteiger partial charge in [-0.25, -0.2) is 0 Å². The third kappa shape index (κ3) is 1.05. The van der Waals surface area contributed by atoms with Crippen molar-refractivity contribution in [2.24, 2.45) is 0 Å². The van der Waals surface area contributed by atoms with Gasteiger partial charge >= 0.3 is 0 Å². The second kappa shape index (κ2) is 2.89. The molecule has 0 aliphatic carbocycles. The minimum Gasteiger partial charge on any atom is -0.414 e. The van der Waals surface area contributed by atoms with Gasteiger partial charge in [0.05, 0.1) is 11.7 Å². The number of hydrogen-bond acceptors (Lipinski definition) is 1. The summed E-state index contributed by atoms with van der Waals surface area (Å²) in [7, 11) is 0. The number of fused-ring (bicyclic) bond motifs is 1. The minimum atomic E-state index is 0.673. The molecule has 0 aliphatic rings. The lowest BCUT2D eigenvalue weighted by Gasteiger charge is -2.03. The fourth-order valence-electron chi connectivity index (χ4n) is 1.23. The van der Waals surface area contributed by atoms with Gasteiger partial charge in [-0.3, -0.25) is 0 Å². The number of aromatic nitrogens is 1. The molecule has 2 heteroatoms. The number of benzene rings is 1. The van der Waals surface area contributed by atoms with Crippen LogP contribution in [0.3, 0.4) is 0 Å². The van der Waals surface area contributed by atoms with Crippen molar-refractivity contribution >= 4 is 10.9 Å². The molecule has 2 nitrogen and oxygen atoms in total. The summed E-state index contributed by atoms with van der Waals surface area (Å²) >= 11 is 0. The Morgan fingerprint density at radius 2 is 2.25 bits per heavy atom. The maximum absolute atomic E-state index is 5.34. The van der Waals surface area contributed by atoms with Crippen molar-refractivity contribution in [1.29, 1.82) is 0 Å². The van der Waals surface area contributed by atoms with E-state index in [1.807, 2.05) is 37.4 Å². The summed E-state index contributed by atoms with van der Waals surface area (Å²) in [6.07, 6.45) is 1.81. The highest BCUT2D eigenvalue weighted by atomic mass is 16.7. The molecule has 0 fully saturated rings. The van der Waals surface area contributed by atoms with Crippen LogP contribution in [0, 0.1) is 6.07 Å². The van der Waals surface area contributed by atoms with Crippen molar-refractivity contribution in [2.75, 3.05) is 6.61 Å². The zero-order valence-corrected chi connectivity index (χ0v) is 6.95. The molecule has 0 amide bonds. The molecular weight excluding hydrogens is 150 g/mol. The van der Waals surface area contributed by atoms with Crippen LogP contribution in [0.2, 0.25) is 0 Å². The van der Waals surface area contributed by atoms with Crippen LogP contribution >= 0.6 is 0 Å². The molecule has 0 spiro atoms. The van der Waals surface area contributed by atoms with Crippen molar-refractivity contribution < 1.29 is 4.84 Å². The fourth-order valence-corrected chi connectivity index (χ4v) is 1.23. The number of hydrogen-bond donors (Lipinski definition) is 0. The topological polar surface area (TPSA) is 14.2 Å². The van der Waals surface area contributed by atoms with Gasteiger partial charge in [-0.1, -0.05) is 18.2 Å². The maximum atomic E-state index is 5.34. The van der Waals surface area contributed by atoms with Gasteiger partial charge in [-0.2, -0.15) is 4.73 Å². The van der Waals surface area contributed by atoms with Crippen molar-refractivity contribution in [3.63, 3.8) is 0 Å². The van der Waals surface area contributed by atoms with E-state index in [2.05, 4.69) is 6.07 Å². The molecule has 0 bridgehead atoms. The van der Waals surface area contributed by atoms with E-state index >= 15 is 0 Å². The van der Waals surface area contributed by atoms with Crippen LogP contribution in [0.5, 0.6) is 0 Å². The molecule has 0 saturated carbocycles. The summed E-state index contributed by atoms with van der Waals surface area (Å²) in [4.78, 5) is 5.34. The summed E-state index contributed by atoms with van der Waals surface area (Å²) in [5, 5.41) is 1.09. The first-order chi connectivity index (χ1) is 5.92. The lowest BCUT2D eigenvalue weighted by Crippen LogP contribution is -2.08. The number of nitrogens with zero attached hydrogens (tertiary/aromatic N) is 1. The zero-order chi connectivity index (χ0) is 8.39. The Labute approximate surface area is 71.3 Å².